The zero-order valence-corrected chi connectivity index (χ0v) is 13.1. The quantitative estimate of drug-likeness (QED) is 0.782. The zero-order chi connectivity index (χ0) is 14.3. The summed E-state index contributed by atoms with van der Waals surface area (Å²) in [5, 5.41) is 2.93. The van der Waals surface area contributed by atoms with E-state index in [4.69, 9.17) is 0 Å². The molecule has 0 saturated carbocycles. The van der Waals surface area contributed by atoms with E-state index >= 15 is 0 Å². The first-order chi connectivity index (χ1) is 9.08. The second-order valence-electron chi connectivity index (χ2n) is 4.75. The molecule has 19 heavy (non-hydrogen) atoms. The monoisotopic (exact) mass is 329 g/mol. The van der Waals surface area contributed by atoms with Crippen molar-refractivity contribution in [3.05, 3.63) is 34.1 Å². The van der Waals surface area contributed by atoms with E-state index < -0.39 is 0 Å². The molecule has 0 aliphatic heterocycles. The van der Waals surface area contributed by atoms with E-state index in [0.29, 0.717) is 22.5 Å². The summed E-state index contributed by atoms with van der Waals surface area (Å²) in [6.45, 7) is 4.99. The van der Waals surface area contributed by atoms with E-state index in [1.54, 1.807) is 0 Å². The molecule has 0 radical (unpaired) electrons. The third kappa shape index (κ3) is 5.31. The van der Waals surface area contributed by atoms with E-state index in [9.17, 15) is 9.18 Å². The van der Waals surface area contributed by atoms with Gasteiger partial charge < -0.3 is 5.32 Å². The second kappa shape index (κ2) is 8.31. The van der Waals surface area contributed by atoms with E-state index in [-0.39, 0.29) is 11.7 Å². The minimum Gasteiger partial charge on any atom is -0.352 e. The third-order valence-corrected chi connectivity index (χ3v) is 3.93. The summed E-state index contributed by atoms with van der Waals surface area (Å²) in [5.41, 5.74) is 0.478. The molecule has 1 aromatic rings. The molecule has 1 atom stereocenters. The number of nitrogens with one attached hydrogen (secondary N) is 1. The lowest BCUT2D eigenvalue weighted by molar-refractivity contribution is 0.0945. The molecule has 0 bridgehead atoms. The Labute approximate surface area is 122 Å². The molecule has 0 aromatic heterocycles. The van der Waals surface area contributed by atoms with Crippen molar-refractivity contribution in [3.63, 3.8) is 0 Å². The van der Waals surface area contributed by atoms with Crippen LogP contribution in [0.5, 0.6) is 0 Å². The summed E-state index contributed by atoms with van der Waals surface area (Å²) >= 11 is 3.21. The highest BCUT2D eigenvalue weighted by molar-refractivity contribution is 9.10. The minimum absolute atomic E-state index is 0.151. The maximum atomic E-state index is 13.0. The summed E-state index contributed by atoms with van der Waals surface area (Å²) < 4.78 is 13.4. The molecule has 1 rings (SSSR count). The van der Waals surface area contributed by atoms with Gasteiger partial charge in [0.2, 0.25) is 0 Å². The number of benzene rings is 1. The van der Waals surface area contributed by atoms with E-state index in [1.165, 1.54) is 31.0 Å². The average molecular weight is 330 g/mol. The predicted molar refractivity (Wildman–Crippen MR) is 79.7 cm³/mol. The van der Waals surface area contributed by atoms with Crippen molar-refractivity contribution in [2.45, 2.75) is 39.5 Å². The molecular weight excluding hydrogens is 309 g/mol. The first-order valence-corrected chi connectivity index (χ1v) is 7.61. The smallest absolute Gasteiger partial charge is 0.252 e. The number of hydrogen-bond donors (Lipinski definition) is 1. The molecule has 1 amide bonds. The molecule has 0 spiro atoms. The highest BCUT2D eigenvalue weighted by Crippen LogP contribution is 2.18. The Morgan fingerprint density at radius 2 is 2.16 bits per heavy atom. The molecule has 106 valence electrons. The number of carbonyl (C=O) groups is 1. The zero-order valence-electron chi connectivity index (χ0n) is 11.5. The average Bonchev–Trinajstić information content (AvgIpc) is 2.38. The summed E-state index contributed by atoms with van der Waals surface area (Å²) in [7, 11) is 0. The van der Waals surface area contributed by atoms with Crippen LogP contribution >= 0.6 is 15.9 Å². The maximum absolute atomic E-state index is 13.0. The second-order valence-corrected chi connectivity index (χ2v) is 5.61. The lowest BCUT2D eigenvalue weighted by Gasteiger charge is -2.15. The van der Waals surface area contributed by atoms with Crippen molar-refractivity contribution in [1.29, 1.82) is 0 Å². The fourth-order valence-corrected chi connectivity index (χ4v) is 2.48. The van der Waals surface area contributed by atoms with Crippen LogP contribution < -0.4 is 5.32 Å². The largest absolute Gasteiger partial charge is 0.352 e. The van der Waals surface area contributed by atoms with Gasteiger partial charge in [0, 0.05) is 11.0 Å². The van der Waals surface area contributed by atoms with E-state index in [1.807, 2.05) is 0 Å². The summed E-state index contributed by atoms with van der Waals surface area (Å²) in [5.74, 6) is 0.0164. The number of halogens is 2. The molecule has 0 saturated heterocycles. The Morgan fingerprint density at radius 1 is 1.42 bits per heavy atom. The van der Waals surface area contributed by atoms with E-state index in [2.05, 4.69) is 35.1 Å². The fraction of sp³-hybridized carbons (Fsp3) is 0.533. The van der Waals surface area contributed by atoms with Crippen LogP contribution in [0.3, 0.4) is 0 Å². The van der Waals surface area contributed by atoms with Gasteiger partial charge in [-0.15, -0.1) is 0 Å². The van der Waals surface area contributed by atoms with Crippen LogP contribution in [0.2, 0.25) is 0 Å². The van der Waals surface area contributed by atoms with Gasteiger partial charge in [0.25, 0.3) is 5.91 Å². The van der Waals surface area contributed by atoms with Crippen LogP contribution in [0.1, 0.15) is 49.9 Å². The maximum Gasteiger partial charge on any atom is 0.252 e. The number of amides is 1. The normalized spacial score (nSPS) is 12.2. The van der Waals surface area contributed by atoms with Crippen LogP contribution in [-0.2, 0) is 0 Å². The lowest BCUT2D eigenvalue weighted by atomic mass is 9.99. The third-order valence-electron chi connectivity index (χ3n) is 3.27. The Kier molecular flexibility index (Phi) is 7.06. The Balaban J connectivity index is 2.54. The van der Waals surface area contributed by atoms with Gasteiger partial charge in [-0.2, -0.15) is 0 Å². The van der Waals surface area contributed by atoms with Crippen molar-refractivity contribution in [1.82, 2.24) is 5.32 Å². The van der Waals surface area contributed by atoms with Gasteiger partial charge in [0.05, 0.1) is 5.56 Å². The lowest BCUT2D eigenvalue weighted by Crippen LogP contribution is -2.29. The highest BCUT2D eigenvalue weighted by atomic mass is 79.9. The van der Waals surface area contributed by atoms with Gasteiger partial charge in [-0.05, 0) is 46.5 Å². The standard InChI is InChI=1S/C15H21BrFNO/c1-3-5-6-11(4-2)10-18-15(19)13-8-7-12(17)9-14(13)16/h7-9,11H,3-6,10H2,1-2H3,(H,18,19). The van der Waals surface area contributed by atoms with Gasteiger partial charge in [-0.3, -0.25) is 4.79 Å². The topological polar surface area (TPSA) is 29.1 Å². The van der Waals surface area contributed by atoms with Crippen molar-refractivity contribution in [2.24, 2.45) is 5.92 Å². The van der Waals surface area contributed by atoms with Crippen molar-refractivity contribution < 1.29 is 9.18 Å². The summed E-state index contributed by atoms with van der Waals surface area (Å²) in [4.78, 5) is 12.0. The molecule has 0 aliphatic rings. The minimum atomic E-state index is -0.349. The molecular formula is C15H21BrFNO. The van der Waals surface area contributed by atoms with Crippen LogP contribution in [0.4, 0.5) is 4.39 Å². The van der Waals surface area contributed by atoms with E-state index in [0.717, 1.165) is 12.8 Å². The van der Waals surface area contributed by atoms with Crippen LogP contribution in [0, 0.1) is 11.7 Å². The van der Waals surface area contributed by atoms with Crippen molar-refractivity contribution >= 4 is 21.8 Å². The van der Waals surface area contributed by atoms with Gasteiger partial charge in [0.1, 0.15) is 5.82 Å². The Bertz CT molecular complexity index is 423. The van der Waals surface area contributed by atoms with Crippen LogP contribution in [-0.4, -0.2) is 12.5 Å². The number of carbonyl (C=O) groups excluding carboxylic acids is 1. The highest BCUT2D eigenvalue weighted by Gasteiger charge is 2.12. The number of hydrogen-bond acceptors (Lipinski definition) is 1. The molecule has 1 aromatic carbocycles. The van der Waals surface area contributed by atoms with Gasteiger partial charge >= 0.3 is 0 Å². The molecule has 0 heterocycles. The van der Waals surface area contributed by atoms with Crippen molar-refractivity contribution in [3.8, 4) is 0 Å². The molecule has 1 N–H and O–H groups in total. The van der Waals surface area contributed by atoms with Crippen molar-refractivity contribution in [2.75, 3.05) is 6.54 Å². The predicted octanol–water partition coefficient (Wildman–Crippen LogP) is 4.53. The molecule has 1 unspecified atom stereocenters. The van der Waals surface area contributed by atoms with Gasteiger partial charge in [-0.1, -0.05) is 33.1 Å². The number of rotatable bonds is 7. The molecule has 2 nitrogen and oxygen atoms in total. The fourth-order valence-electron chi connectivity index (χ4n) is 1.95. The van der Waals surface area contributed by atoms with Gasteiger partial charge in [-0.25, -0.2) is 4.39 Å². The summed E-state index contributed by atoms with van der Waals surface area (Å²) in [6, 6.07) is 4.11. The van der Waals surface area contributed by atoms with Crippen LogP contribution in [0.25, 0.3) is 0 Å². The SMILES string of the molecule is CCCCC(CC)CNC(=O)c1ccc(F)cc1Br. The molecule has 4 heteroatoms. The first-order valence-electron chi connectivity index (χ1n) is 6.81. The Hall–Kier alpha value is -0.900. The van der Waals surface area contributed by atoms with Gasteiger partial charge in [0.15, 0.2) is 0 Å². The Morgan fingerprint density at radius 3 is 2.74 bits per heavy atom. The molecule has 0 fully saturated rings. The molecule has 0 aliphatic carbocycles. The first kappa shape index (κ1) is 16.2. The number of unbranched alkanes of at least 4 members (excludes halogenated alkanes) is 1. The summed E-state index contributed by atoms with van der Waals surface area (Å²) in [6.07, 6.45) is 4.56. The van der Waals surface area contributed by atoms with Crippen LogP contribution in [0.15, 0.2) is 22.7 Å².